The second kappa shape index (κ2) is 4.73. The maximum Gasteiger partial charge on any atom is 0.157 e. The minimum atomic E-state index is -0.0730. The van der Waals surface area contributed by atoms with E-state index in [0.717, 1.165) is 12.0 Å². The summed E-state index contributed by atoms with van der Waals surface area (Å²) in [4.78, 5) is 0. The van der Waals surface area contributed by atoms with Crippen molar-refractivity contribution in [2.45, 2.75) is 60.3 Å². The maximum absolute atomic E-state index is 9.78. The molecule has 0 saturated heterocycles. The number of hydrogen-bond acceptors (Lipinski definition) is 2. The highest BCUT2D eigenvalue weighted by molar-refractivity contribution is 5.43. The topological polar surface area (TPSA) is 40.5 Å². The van der Waals surface area contributed by atoms with Gasteiger partial charge in [-0.1, -0.05) is 54.5 Å². The summed E-state index contributed by atoms with van der Waals surface area (Å²) in [6.07, 6.45) is 1.01. The maximum atomic E-state index is 9.78. The third kappa shape index (κ3) is 3.43. The van der Waals surface area contributed by atoms with Crippen molar-refractivity contribution in [3.8, 4) is 11.5 Å². The third-order valence-corrected chi connectivity index (χ3v) is 4.15. The number of aromatic hydroxyl groups is 2. The van der Waals surface area contributed by atoms with Crippen molar-refractivity contribution in [2.75, 3.05) is 0 Å². The molecule has 19 heavy (non-hydrogen) atoms. The molecule has 108 valence electrons. The van der Waals surface area contributed by atoms with Crippen molar-refractivity contribution in [3.05, 3.63) is 23.8 Å². The van der Waals surface area contributed by atoms with E-state index >= 15 is 0 Å². The summed E-state index contributed by atoms with van der Waals surface area (Å²) < 4.78 is 0. The molecular weight excluding hydrogens is 236 g/mol. The Balaban J connectivity index is 3.35. The molecule has 0 aliphatic carbocycles. The van der Waals surface area contributed by atoms with Crippen molar-refractivity contribution in [2.24, 2.45) is 10.8 Å². The molecule has 1 aromatic carbocycles. The summed E-state index contributed by atoms with van der Waals surface area (Å²) in [6.45, 7) is 15.6. The summed E-state index contributed by atoms with van der Waals surface area (Å²) >= 11 is 0. The molecule has 1 rings (SSSR count). The molecule has 0 fully saturated rings. The minimum Gasteiger partial charge on any atom is -0.504 e. The molecule has 1 aromatic rings. The van der Waals surface area contributed by atoms with Gasteiger partial charge in [0, 0.05) is 0 Å². The third-order valence-electron chi connectivity index (χ3n) is 4.15. The van der Waals surface area contributed by atoms with Crippen molar-refractivity contribution in [1.82, 2.24) is 0 Å². The Hall–Kier alpha value is -1.18. The van der Waals surface area contributed by atoms with Gasteiger partial charge in [0.05, 0.1) is 0 Å². The van der Waals surface area contributed by atoms with E-state index in [1.54, 1.807) is 12.1 Å². The van der Waals surface area contributed by atoms with E-state index in [4.69, 9.17) is 0 Å². The van der Waals surface area contributed by atoms with Gasteiger partial charge in [-0.3, -0.25) is 0 Å². The first-order chi connectivity index (χ1) is 8.37. The van der Waals surface area contributed by atoms with Crippen LogP contribution >= 0.6 is 0 Å². The first-order valence-corrected chi connectivity index (χ1v) is 6.89. The quantitative estimate of drug-likeness (QED) is 0.750. The largest absolute Gasteiger partial charge is 0.504 e. The first kappa shape index (κ1) is 15.9. The molecule has 0 aromatic heterocycles. The molecule has 2 N–H and O–H groups in total. The second-order valence-electron chi connectivity index (χ2n) is 8.02. The van der Waals surface area contributed by atoms with Crippen molar-refractivity contribution < 1.29 is 10.2 Å². The fourth-order valence-electron chi connectivity index (χ4n) is 2.73. The van der Waals surface area contributed by atoms with Crippen LogP contribution in [0.4, 0.5) is 0 Å². The minimum absolute atomic E-state index is 0.0399. The van der Waals surface area contributed by atoms with Crippen LogP contribution in [0, 0.1) is 10.8 Å². The lowest BCUT2D eigenvalue weighted by atomic mass is 9.58. The lowest BCUT2D eigenvalue weighted by molar-refractivity contribution is 0.134. The highest BCUT2D eigenvalue weighted by atomic mass is 16.3. The number of phenols is 2. The molecular formula is C17H28O2. The summed E-state index contributed by atoms with van der Waals surface area (Å²) in [6, 6.07) is 5.20. The number of phenolic OH excluding ortho intramolecular Hbond substituents is 2. The van der Waals surface area contributed by atoms with Gasteiger partial charge in [0.1, 0.15) is 0 Å². The Morgan fingerprint density at radius 2 is 1.37 bits per heavy atom. The van der Waals surface area contributed by atoms with Gasteiger partial charge >= 0.3 is 0 Å². The summed E-state index contributed by atoms with van der Waals surface area (Å²) in [5.41, 5.74) is 1.25. The number of benzene rings is 1. The predicted molar refractivity (Wildman–Crippen MR) is 80.7 cm³/mol. The lowest BCUT2D eigenvalue weighted by Gasteiger charge is -2.46. The Bertz CT molecular complexity index is 449. The summed E-state index contributed by atoms with van der Waals surface area (Å²) in [5, 5.41) is 19.3. The van der Waals surface area contributed by atoms with Crippen molar-refractivity contribution in [1.29, 1.82) is 0 Å². The SMILES string of the molecule is CC(C)(C)CC(C)(c1ccc(O)c(O)c1)C(C)(C)C. The fraction of sp³-hybridized carbons (Fsp3) is 0.647. The summed E-state index contributed by atoms with van der Waals surface area (Å²) in [5.74, 6) is -0.0994. The van der Waals surface area contributed by atoms with Crippen LogP contribution in [0.3, 0.4) is 0 Å². The average Bonchev–Trinajstić information content (AvgIpc) is 2.17. The number of hydrogen-bond donors (Lipinski definition) is 2. The van der Waals surface area contributed by atoms with Crippen LogP contribution in [0.1, 0.15) is 60.5 Å². The van der Waals surface area contributed by atoms with E-state index in [9.17, 15) is 10.2 Å². The van der Waals surface area contributed by atoms with Gasteiger partial charge in [0.15, 0.2) is 11.5 Å². The van der Waals surface area contributed by atoms with Crippen LogP contribution in [0.25, 0.3) is 0 Å². The Morgan fingerprint density at radius 3 is 1.74 bits per heavy atom. The average molecular weight is 264 g/mol. The normalized spacial score (nSPS) is 16.2. The van der Waals surface area contributed by atoms with Crippen LogP contribution in [-0.4, -0.2) is 10.2 Å². The van der Waals surface area contributed by atoms with Gasteiger partial charge in [-0.2, -0.15) is 0 Å². The molecule has 0 aliphatic rings. The van der Waals surface area contributed by atoms with Gasteiger partial charge in [-0.25, -0.2) is 0 Å². The van der Waals surface area contributed by atoms with Crippen LogP contribution < -0.4 is 0 Å². The van der Waals surface area contributed by atoms with Crippen molar-refractivity contribution >= 4 is 0 Å². The van der Waals surface area contributed by atoms with E-state index < -0.39 is 0 Å². The van der Waals surface area contributed by atoms with E-state index in [1.165, 1.54) is 0 Å². The van der Waals surface area contributed by atoms with Crippen LogP contribution in [0.2, 0.25) is 0 Å². The molecule has 0 heterocycles. The standard InChI is InChI=1S/C17H28O2/c1-15(2,3)11-17(7,16(4,5)6)12-8-9-13(18)14(19)10-12/h8-10,18-19H,11H2,1-7H3. The zero-order valence-corrected chi connectivity index (χ0v) is 13.3. The number of rotatable bonds is 2. The van der Waals surface area contributed by atoms with E-state index in [0.29, 0.717) is 0 Å². The molecule has 0 bridgehead atoms. The summed E-state index contributed by atoms with van der Waals surface area (Å²) in [7, 11) is 0. The fourth-order valence-corrected chi connectivity index (χ4v) is 2.73. The molecule has 0 radical (unpaired) electrons. The Kier molecular flexibility index (Phi) is 3.96. The molecule has 0 saturated carbocycles. The molecule has 1 unspecified atom stereocenters. The molecule has 0 aliphatic heterocycles. The molecule has 0 spiro atoms. The van der Waals surface area contributed by atoms with Crippen LogP contribution in [0.5, 0.6) is 11.5 Å². The zero-order chi connectivity index (χ0) is 15.1. The van der Waals surface area contributed by atoms with Crippen LogP contribution in [0.15, 0.2) is 18.2 Å². The highest BCUT2D eigenvalue weighted by Crippen LogP contribution is 2.49. The van der Waals surface area contributed by atoms with Crippen LogP contribution in [-0.2, 0) is 5.41 Å². The molecule has 2 heteroatoms. The Morgan fingerprint density at radius 1 is 0.842 bits per heavy atom. The van der Waals surface area contributed by atoms with Gasteiger partial charge in [-0.05, 0) is 40.4 Å². The highest BCUT2D eigenvalue weighted by Gasteiger charge is 2.41. The molecule has 0 amide bonds. The van der Waals surface area contributed by atoms with E-state index in [-0.39, 0.29) is 27.7 Å². The predicted octanol–water partition coefficient (Wildman–Crippen LogP) is 4.84. The molecule has 1 atom stereocenters. The van der Waals surface area contributed by atoms with Gasteiger partial charge in [0.25, 0.3) is 0 Å². The zero-order valence-electron chi connectivity index (χ0n) is 13.3. The lowest BCUT2D eigenvalue weighted by Crippen LogP contribution is -2.40. The first-order valence-electron chi connectivity index (χ1n) is 6.89. The smallest absolute Gasteiger partial charge is 0.157 e. The van der Waals surface area contributed by atoms with E-state index in [2.05, 4.69) is 48.5 Å². The molecule has 2 nitrogen and oxygen atoms in total. The van der Waals surface area contributed by atoms with E-state index in [1.807, 2.05) is 6.07 Å². The Labute approximate surface area is 117 Å². The monoisotopic (exact) mass is 264 g/mol. The second-order valence-corrected chi connectivity index (χ2v) is 8.02. The van der Waals surface area contributed by atoms with Gasteiger partial charge in [-0.15, -0.1) is 0 Å². The van der Waals surface area contributed by atoms with Gasteiger partial charge < -0.3 is 10.2 Å². The van der Waals surface area contributed by atoms with Crippen molar-refractivity contribution in [3.63, 3.8) is 0 Å². The van der Waals surface area contributed by atoms with Gasteiger partial charge in [0.2, 0.25) is 0 Å².